The van der Waals surface area contributed by atoms with Crippen LogP contribution in [0.1, 0.15) is 18.2 Å². The minimum absolute atomic E-state index is 0.0229. The monoisotopic (exact) mass is 290 g/mol. The molecule has 0 atom stereocenters. The topological polar surface area (TPSA) is 82.2 Å². The molecule has 0 aliphatic rings. The summed E-state index contributed by atoms with van der Waals surface area (Å²) in [5.74, 6) is 0.267. The zero-order chi connectivity index (χ0) is 15.2. The molecule has 7 nitrogen and oxygen atoms in total. The van der Waals surface area contributed by atoms with Gasteiger partial charge in [-0.15, -0.1) is 0 Å². The predicted octanol–water partition coefficient (Wildman–Crippen LogP) is 2.11. The van der Waals surface area contributed by atoms with Gasteiger partial charge in [-0.25, -0.2) is 4.98 Å². The van der Waals surface area contributed by atoms with Gasteiger partial charge in [0.2, 0.25) is 0 Å². The van der Waals surface area contributed by atoms with Crippen molar-refractivity contribution in [2.75, 3.05) is 7.05 Å². The first kappa shape index (κ1) is 15.0. The smallest absolute Gasteiger partial charge is 0.311 e. The summed E-state index contributed by atoms with van der Waals surface area (Å²) in [4.78, 5) is 14.8. The lowest BCUT2D eigenvalue weighted by Gasteiger charge is -2.09. The van der Waals surface area contributed by atoms with Crippen LogP contribution in [0.25, 0.3) is 0 Å². The van der Waals surface area contributed by atoms with Crippen molar-refractivity contribution in [1.82, 2.24) is 14.9 Å². The van der Waals surface area contributed by atoms with Gasteiger partial charge < -0.3 is 14.6 Å². The van der Waals surface area contributed by atoms with Crippen molar-refractivity contribution in [3.63, 3.8) is 0 Å². The molecule has 0 aliphatic carbocycles. The van der Waals surface area contributed by atoms with Crippen LogP contribution in [0.15, 0.2) is 30.7 Å². The van der Waals surface area contributed by atoms with Crippen LogP contribution in [0, 0.1) is 10.1 Å². The van der Waals surface area contributed by atoms with E-state index in [0.29, 0.717) is 6.54 Å². The Hall–Kier alpha value is -2.41. The minimum atomic E-state index is -0.425. The van der Waals surface area contributed by atoms with Crippen molar-refractivity contribution < 1.29 is 9.66 Å². The van der Waals surface area contributed by atoms with E-state index in [1.807, 2.05) is 17.6 Å². The molecule has 0 saturated carbocycles. The van der Waals surface area contributed by atoms with Crippen molar-refractivity contribution in [1.29, 1.82) is 0 Å². The molecule has 0 unspecified atom stereocenters. The molecule has 1 aromatic carbocycles. The molecular formula is C14H18N4O3. The van der Waals surface area contributed by atoms with Crippen LogP contribution in [0.5, 0.6) is 5.75 Å². The molecule has 0 fully saturated rings. The summed E-state index contributed by atoms with van der Waals surface area (Å²) in [7, 11) is 1.79. The summed E-state index contributed by atoms with van der Waals surface area (Å²) < 4.78 is 7.53. The van der Waals surface area contributed by atoms with Gasteiger partial charge in [-0.2, -0.15) is 0 Å². The summed E-state index contributed by atoms with van der Waals surface area (Å²) >= 11 is 0. The zero-order valence-corrected chi connectivity index (χ0v) is 12.1. The van der Waals surface area contributed by atoms with Crippen LogP contribution in [-0.2, 0) is 19.7 Å². The Balaban J connectivity index is 2.17. The lowest BCUT2D eigenvalue weighted by Crippen LogP contribution is -2.07. The number of nitrogens with one attached hydrogen (secondary N) is 1. The minimum Gasteiger partial charge on any atom is -0.480 e. The highest BCUT2D eigenvalue weighted by molar-refractivity contribution is 5.48. The van der Waals surface area contributed by atoms with E-state index >= 15 is 0 Å². The van der Waals surface area contributed by atoms with Crippen LogP contribution in [0.3, 0.4) is 0 Å². The molecule has 0 saturated heterocycles. The molecule has 0 bridgehead atoms. The highest BCUT2D eigenvalue weighted by atomic mass is 16.6. The first-order chi connectivity index (χ1) is 10.2. The number of hydrogen-bond donors (Lipinski definition) is 1. The fraction of sp³-hybridized carbons (Fsp3) is 0.357. The third kappa shape index (κ3) is 3.57. The SMILES string of the molecule is CCn1cncc1COc1ccc(CNC)cc1[N+](=O)[O-]. The third-order valence-electron chi connectivity index (χ3n) is 3.12. The Morgan fingerprint density at radius 1 is 1.48 bits per heavy atom. The molecule has 7 heteroatoms. The maximum atomic E-state index is 11.2. The van der Waals surface area contributed by atoms with Gasteiger partial charge in [0.1, 0.15) is 6.61 Å². The van der Waals surface area contributed by atoms with Gasteiger partial charge in [-0.05, 0) is 25.6 Å². The maximum Gasteiger partial charge on any atom is 0.311 e. The number of nitro benzene ring substituents is 1. The molecule has 0 amide bonds. The van der Waals surface area contributed by atoms with Gasteiger partial charge >= 0.3 is 5.69 Å². The molecule has 2 aromatic rings. The van der Waals surface area contributed by atoms with Gasteiger partial charge in [0.25, 0.3) is 0 Å². The van der Waals surface area contributed by atoms with Crippen molar-refractivity contribution in [3.8, 4) is 5.75 Å². The second-order valence-corrected chi connectivity index (χ2v) is 4.55. The van der Waals surface area contributed by atoms with E-state index in [2.05, 4.69) is 10.3 Å². The summed E-state index contributed by atoms with van der Waals surface area (Å²) in [6, 6.07) is 4.98. The van der Waals surface area contributed by atoms with Crippen molar-refractivity contribution in [3.05, 3.63) is 52.1 Å². The summed E-state index contributed by atoms with van der Waals surface area (Å²) in [6.07, 6.45) is 3.41. The van der Waals surface area contributed by atoms with Gasteiger partial charge in [-0.1, -0.05) is 6.07 Å². The van der Waals surface area contributed by atoms with Gasteiger partial charge in [0.05, 0.1) is 23.1 Å². The molecule has 1 heterocycles. The van der Waals surface area contributed by atoms with Crippen LogP contribution in [0.4, 0.5) is 5.69 Å². The number of imidazole rings is 1. The Labute approximate surface area is 122 Å². The number of nitro groups is 1. The quantitative estimate of drug-likeness (QED) is 0.624. The Morgan fingerprint density at radius 3 is 2.95 bits per heavy atom. The number of rotatable bonds is 7. The normalized spacial score (nSPS) is 10.6. The molecule has 0 radical (unpaired) electrons. The predicted molar refractivity (Wildman–Crippen MR) is 78.1 cm³/mol. The highest BCUT2D eigenvalue weighted by Crippen LogP contribution is 2.28. The van der Waals surface area contributed by atoms with Crippen LogP contribution >= 0.6 is 0 Å². The molecule has 2 rings (SSSR count). The van der Waals surface area contributed by atoms with Crippen molar-refractivity contribution >= 4 is 5.69 Å². The van der Waals surface area contributed by atoms with Crippen molar-refractivity contribution in [2.45, 2.75) is 26.6 Å². The van der Waals surface area contributed by atoms with Crippen LogP contribution in [0.2, 0.25) is 0 Å². The van der Waals surface area contributed by atoms with Crippen molar-refractivity contribution in [2.24, 2.45) is 0 Å². The second kappa shape index (κ2) is 6.85. The molecule has 112 valence electrons. The van der Waals surface area contributed by atoms with Gasteiger partial charge in [0.15, 0.2) is 5.75 Å². The molecule has 21 heavy (non-hydrogen) atoms. The van der Waals surface area contributed by atoms with E-state index in [4.69, 9.17) is 4.74 Å². The number of aryl methyl sites for hydroxylation is 1. The van der Waals surface area contributed by atoms with Gasteiger partial charge in [-0.3, -0.25) is 10.1 Å². The van der Waals surface area contributed by atoms with E-state index < -0.39 is 4.92 Å². The van der Waals surface area contributed by atoms with Crippen LogP contribution < -0.4 is 10.1 Å². The lowest BCUT2D eigenvalue weighted by molar-refractivity contribution is -0.386. The average Bonchev–Trinajstić information content (AvgIpc) is 2.93. The Bertz CT molecular complexity index is 624. The zero-order valence-electron chi connectivity index (χ0n) is 12.1. The summed E-state index contributed by atoms with van der Waals surface area (Å²) in [5.41, 5.74) is 1.70. The fourth-order valence-electron chi connectivity index (χ4n) is 2.05. The van der Waals surface area contributed by atoms with Crippen LogP contribution in [-0.4, -0.2) is 21.5 Å². The molecular weight excluding hydrogens is 272 g/mol. The standard InChI is InChI=1S/C14H18N4O3/c1-3-17-10-16-8-12(17)9-21-14-5-4-11(7-15-2)6-13(14)18(19)20/h4-6,8,10,15H,3,7,9H2,1-2H3. The van der Waals surface area contributed by atoms with E-state index in [0.717, 1.165) is 17.8 Å². The number of benzene rings is 1. The van der Waals surface area contributed by atoms with E-state index in [-0.39, 0.29) is 18.0 Å². The second-order valence-electron chi connectivity index (χ2n) is 4.55. The average molecular weight is 290 g/mol. The van der Waals surface area contributed by atoms with E-state index in [9.17, 15) is 10.1 Å². The maximum absolute atomic E-state index is 11.2. The molecule has 1 N–H and O–H groups in total. The summed E-state index contributed by atoms with van der Waals surface area (Å²) in [6.45, 7) is 3.60. The highest BCUT2D eigenvalue weighted by Gasteiger charge is 2.16. The number of hydrogen-bond acceptors (Lipinski definition) is 5. The lowest BCUT2D eigenvalue weighted by atomic mass is 10.2. The summed E-state index contributed by atoms with van der Waals surface area (Å²) in [5, 5.41) is 14.1. The third-order valence-corrected chi connectivity index (χ3v) is 3.12. The number of nitrogens with zero attached hydrogens (tertiary/aromatic N) is 3. The molecule has 0 spiro atoms. The van der Waals surface area contributed by atoms with E-state index in [1.54, 1.807) is 25.6 Å². The largest absolute Gasteiger partial charge is 0.480 e. The molecule has 0 aliphatic heterocycles. The Morgan fingerprint density at radius 2 is 2.29 bits per heavy atom. The number of aromatic nitrogens is 2. The first-order valence-corrected chi connectivity index (χ1v) is 6.69. The Kier molecular flexibility index (Phi) is 4.89. The molecule has 1 aromatic heterocycles. The first-order valence-electron chi connectivity index (χ1n) is 6.69. The van der Waals surface area contributed by atoms with Gasteiger partial charge in [0, 0.05) is 19.2 Å². The fourth-order valence-corrected chi connectivity index (χ4v) is 2.05. The number of ether oxygens (including phenoxy) is 1. The van der Waals surface area contributed by atoms with E-state index in [1.165, 1.54) is 6.07 Å².